The second kappa shape index (κ2) is 7.08. The molecule has 2 heterocycles. The van der Waals surface area contributed by atoms with Crippen molar-refractivity contribution in [1.82, 2.24) is 9.66 Å². The Labute approximate surface area is 119 Å². The van der Waals surface area contributed by atoms with Gasteiger partial charge in [0.2, 0.25) is 0 Å². The van der Waals surface area contributed by atoms with Crippen molar-refractivity contribution in [2.75, 3.05) is 12.0 Å². The quantitative estimate of drug-likeness (QED) is 0.789. The van der Waals surface area contributed by atoms with Crippen LogP contribution in [0.2, 0.25) is 0 Å². The molecule has 0 aliphatic heterocycles. The van der Waals surface area contributed by atoms with Gasteiger partial charge in [0, 0.05) is 23.7 Å². The van der Waals surface area contributed by atoms with Gasteiger partial charge >= 0.3 is 0 Å². The Morgan fingerprint density at radius 3 is 2.85 bits per heavy atom. The van der Waals surface area contributed by atoms with Gasteiger partial charge in [0.05, 0.1) is 0 Å². The Bertz CT molecular complexity index is 619. The molecule has 0 bridgehead atoms. The minimum Gasteiger partial charge on any atom is -0.321 e. The van der Waals surface area contributed by atoms with E-state index >= 15 is 0 Å². The molecular weight excluding hydrogens is 250 g/mol. The fraction of sp³-hybridized carbons (Fsp3) is 0.500. The van der Waals surface area contributed by atoms with Crippen molar-refractivity contribution in [2.45, 2.75) is 46.0 Å². The molecule has 2 aromatic rings. The second-order valence-corrected chi connectivity index (χ2v) is 5.09. The Hall–Kier alpha value is -1.84. The zero-order valence-electron chi connectivity index (χ0n) is 12.4. The molecule has 1 N–H and O–H groups in total. The highest BCUT2D eigenvalue weighted by Crippen LogP contribution is 2.11. The summed E-state index contributed by atoms with van der Waals surface area (Å²) in [5.41, 5.74) is 4.84. The molecule has 0 saturated carbocycles. The van der Waals surface area contributed by atoms with Gasteiger partial charge in [-0.1, -0.05) is 33.1 Å². The lowest BCUT2D eigenvalue weighted by atomic mass is 10.1. The maximum Gasteiger partial charge on any atom is 0.274 e. The third-order valence-corrected chi connectivity index (χ3v) is 3.41. The number of unbranched alkanes of at least 4 members (excludes halogenated alkanes) is 2. The SMILES string of the molecule is CCCCCNn1c(=O)c(CCC)cc2cccnc21. The minimum atomic E-state index is 0.0366. The molecule has 0 fully saturated rings. The van der Waals surface area contributed by atoms with E-state index in [9.17, 15) is 4.79 Å². The number of fused-ring (bicyclic) bond motifs is 1. The van der Waals surface area contributed by atoms with E-state index in [4.69, 9.17) is 0 Å². The molecule has 0 aromatic carbocycles. The first-order valence-electron chi connectivity index (χ1n) is 7.51. The van der Waals surface area contributed by atoms with Crippen molar-refractivity contribution in [3.05, 3.63) is 40.3 Å². The maximum atomic E-state index is 12.5. The smallest absolute Gasteiger partial charge is 0.274 e. The van der Waals surface area contributed by atoms with Gasteiger partial charge in [0.1, 0.15) is 0 Å². The van der Waals surface area contributed by atoms with E-state index in [0.29, 0.717) is 5.65 Å². The van der Waals surface area contributed by atoms with Crippen LogP contribution in [0.1, 0.15) is 45.1 Å². The monoisotopic (exact) mass is 273 g/mol. The van der Waals surface area contributed by atoms with E-state index in [1.807, 2.05) is 18.2 Å². The van der Waals surface area contributed by atoms with Gasteiger partial charge in [-0.05, 0) is 31.0 Å². The molecule has 108 valence electrons. The highest BCUT2D eigenvalue weighted by molar-refractivity contribution is 5.75. The van der Waals surface area contributed by atoms with Crippen LogP contribution in [0, 0.1) is 0 Å². The van der Waals surface area contributed by atoms with Crippen LogP contribution in [0.5, 0.6) is 0 Å². The zero-order valence-corrected chi connectivity index (χ0v) is 12.4. The van der Waals surface area contributed by atoms with Crippen molar-refractivity contribution >= 4 is 11.0 Å². The molecule has 20 heavy (non-hydrogen) atoms. The first-order valence-corrected chi connectivity index (χ1v) is 7.51. The van der Waals surface area contributed by atoms with Crippen LogP contribution < -0.4 is 11.0 Å². The van der Waals surface area contributed by atoms with Gasteiger partial charge in [0.25, 0.3) is 5.56 Å². The normalized spacial score (nSPS) is 10.9. The van der Waals surface area contributed by atoms with Gasteiger partial charge in [-0.3, -0.25) is 4.79 Å². The van der Waals surface area contributed by atoms with Gasteiger partial charge in [-0.15, -0.1) is 0 Å². The van der Waals surface area contributed by atoms with Crippen LogP contribution >= 0.6 is 0 Å². The van der Waals surface area contributed by atoms with Crippen molar-refractivity contribution in [3.8, 4) is 0 Å². The Morgan fingerprint density at radius 2 is 2.10 bits per heavy atom. The Balaban J connectivity index is 2.38. The van der Waals surface area contributed by atoms with E-state index in [-0.39, 0.29) is 5.56 Å². The van der Waals surface area contributed by atoms with E-state index in [0.717, 1.165) is 36.8 Å². The lowest BCUT2D eigenvalue weighted by Gasteiger charge is -2.13. The number of nitrogens with zero attached hydrogens (tertiary/aromatic N) is 2. The predicted octanol–water partition coefficient (Wildman–Crippen LogP) is 3.08. The van der Waals surface area contributed by atoms with Crippen molar-refractivity contribution in [1.29, 1.82) is 0 Å². The average Bonchev–Trinajstić information content (AvgIpc) is 2.47. The highest BCUT2D eigenvalue weighted by Gasteiger charge is 2.09. The van der Waals surface area contributed by atoms with E-state index < -0.39 is 0 Å². The van der Waals surface area contributed by atoms with Gasteiger partial charge in [-0.2, -0.15) is 0 Å². The van der Waals surface area contributed by atoms with Gasteiger partial charge in [0.15, 0.2) is 5.65 Å². The standard InChI is InChI=1S/C16H23N3O/c1-3-5-6-11-18-19-15-13(9-7-10-17-15)12-14(8-4-2)16(19)20/h7,9-10,12,18H,3-6,8,11H2,1-2H3. The van der Waals surface area contributed by atoms with E-state index in [1.165, 1.54) is 12.8 Å². The number of aryl methyl sites for hydroxylation is 1. The highest BCUT2D eigenvalue weighted by atomic mass is 16.1. The number of aromatic nitrogens is 2. The molecule has 2 rings (SSSR count). The molecule has 0 aliphatic carbocycles. The first-order chi connectivity index (χ1) is 9.77. The topological polar surface area (TPSA) is 46.9 Å². The maximum absolute atomic E-state index is 12.5. The lowest BCUT2D eigenvalue weighted by Crippen LogP contribution is -2.32. The molecule has 4 nitrogen and oxygen atoms in total. The van der Waals surface area contributed by atoms with Gasteiger partial charge < -0.3 is 5.43 Å². The molecule has 2 aromatic heterocycles. The second-order valence-electron chi connectivity index (χ2n) is 5.09. The molecular formula is C16H23N3O. The van der Waals surface area contributed by atoms with Crippen LogP contribution in [0.15, 0.2) is 29.2 Å². The molecule has 0 spiro atoms. The molecule has 0 atom stereocenters. The van der Waals surface area contributed by atoms with Crippen molar-refractivity contribution in [2.24, 2.45) is 0 Å². The summed E-state index contributed by atoms with van der Waals surface area (Å²) in [5, 5.41) is 1.01. The minimum absolute atomic E-state index is 0.0366. The average molecular weight is 273 g/mol. The molecule has 0 saturated heterocycles. The van der Waals surface area contributed by atoms with Crippen LogP contribution in [-0.4, -0.2) is 16.2 Å². The van der Waals surface area contributed by atoms with Crippen molar-refractivity contribution < 1.29 is 0 Å². The number of hydrogen-bond acceptors (Lipinski definition) is 3. The molecule has 0 radical (unpaired) electrons. The van der Waals surface area contributed by atoms with Crippen molar-refractivity contribution in [3.63, 3.8) is 0 Å². The fourth-order valence-corrected chi connectivity index (χ4v) is 2.36. The van der Waals surface area contributed by atoms with Crippen LogP contribution in [-0.2, 0) is 6.42 Å². The summed E-state index contributed by atoms with van der Waals surface area (Å²) in [7, 11) is 0. The fourth-order valence-electron chi connectivity index (χ4n) is 2.36. The summed E-state index contributed by atoms with van der Waals surface area (Å²) in [6.45, 7) is 5.06. The molecule has 0 unspecified atom stereocenters. The number of hydrogen-bond donors (Lipinski definition) is 1. The first kappa shape index (κ1) is 14.6. The summed E-state index contributed by atoms with van der Waals surface area (Å²) in [4.78, 5) is 16.8. The zero-order chi connectivity index (χ0) is 14.4. The molecule has 0 aliphatic rings. The molecule has 0 amide bonds. The lowest BCUT2D eigenvalue weighted by molar-refractivity contribution is 0.695. The molecule has 4 heteroatoms. The van der Waals surface area contributed by atoms with E-state index in [2.05, 4.69) is 24.3 Å². The van der Waals surface area contributed by atoms with E-state index in [1.54, 1.807) is 10.9 Å². The van der Waals surface area contributed by atoms with Gasteiger partial charge in [-0.25, -0.2) is 9.66 Å². The third kappa shape index (κ3) is 3.18. The Kier molecular flexibility index (Phi) is 5.16. The third-order valence-electron chi connectivity index (χ3n) is 3.41. The number of pyridine rings is 2. The van der Waals surface area contributed by atoms with Crippen LogP contribution in [0.4, 0.5) is 0 Å². The Morgan fingerprint density at radius 1 is 1.25 bits per heavy atom. The summed E-state index contributed by atoms with van der Waals surface area (Å²) < 4.78 is 1.62. The summed E-state index contributed by atoms with van der Waals surface area (Å²) in [6.07, 6.45) is 6.91. The number of rotatable bonds is 7. The van der Waals surface area contributed by atoms with Crippen LogP contribution in [0.25, 0.3) is 11.0 Å². The van der Waals surface area contributed by atoms with Crippen LogP contribution in [0.3, 0.4) is 0 Å². The summed E-state index contributed by atoms with van der Waals surface area (Å²) in [5.74, 6) is 0. The largest absolute Gasteiger partial charge is 0.321 e. The predicted molar refractivity (Wildman–Crippen MR) is 83.8 cm³/mol. The summed E-state index contributed by atoms with van der Waals surface area (Å²) in [6, 6.07) is 5.88. The summed E-state index contributed by atoms with van der Waals surface area (Å²) >= 11 is 0. The number of nitrogens with one attached hydrogen (secondary N) is 1.